The van der Waals surface area contributed by atoms with Crippen LogP contribution in [-0.2, 0) is 10.2 Å². The smallest absolute Gasteiger partial charge is 0.134 e. The number of hydrogen-bond donors (Lipinski definition) is 0. The third kappa shape index (κ3) is 1.41. The number of Topliss-reactive ketones (excluding diaryl/α,β-unsaturated/α-hetero) is 1. The van der Waals surface area contributed by atoms with E-state index < -0.39 is 0 Å². The minimum atomic E-state index is 0.0481. The Morgan fingerprint density at radius 3 is 2.62 bits per heavy atom. The molecule has 1 nitrogen and oxygen atoms in total. The van der Waals surface area contributed by atoms with Crippen molar-refractivity contribution >= 4 is 19.1 Å². The van der Waals surface area contributed by atoms with Crippen LogP contribution in [0.3, 0.4) is 0 Å². The number of ketones is 1. The molecule has 13 heavy (non-hydrogen) atoms. The Labute approximate surface area is 79.6 Å². The fraction of sp³-hybridized carbons (Fsp3) is 0.364. The number of benzene rings is 1. The van der Waals surface area contributed by atoms with Crippen molar-refractivity contribution in [2.75, 3.05) is 0 Å². The van der Waals surface area contributed by atoms with E-state index in [1.807, 2.05) is 24.3 Å². The molecule has 0 unspecified atom stereocenters. The first-order chi connectivity index (χ1) is 6.10. The summed E-state index contributed by atoms with van der Waals surface area (Å²) in [7, 11) is 5.68. The van der Waals surface area contributed by atoms with E-state index in [1.165, 1.54) is 5.56 Å². The Hall–Kier alpha value is -1.05. The van der Waals surface area contributed by atoms with Gasteiger partial charge in [0.25, 0.3) is 0 Å². The highest BCUT2D eigenvalue weighted by atomic mass is 16.1. The van der Waals surface area contributed by atoms with Crippen molar-refractivity contribution < 1.29 is 4.79 Å². The first kappa shape index (κ1) is 8.55. The Balaban J connectivity index is 2.31. The van der Waals surface area contributed by atoms with Gasteiger partial charge in [-0.15, -0.1) is 0 Å². The van der Waals surface area contributed by atoms with Gasteiger partial charge in [-0.3, -0.25) is 4.79 Å². The van der Waals surface area contributed by atoms with Gasteiger partial charge in [-0.2, -0.15) is 0 Å². The fourth-order valence-electron chi connectivity index (χ4n) is 1.94. The van der Waals surface area contributed by atoms with Crippen molar-refractivity contribution in [1.29, 1.82) is 0 Å². The van der Waals surface area contributed by atoms with Gasteiger partial charge in [-0.1, -0.05) is 36.7 Å². The van der Waals surface area contributed by atoms with Crippen LogP contribution in [-0.4, -0.2) is 13.6 Å². The summed E-state index contributed by atoms with van der Waals surface area (Å²) in [5.41, 5.74) is 2.01. The molecular formula is C11H11BO. The maximum Gasteiger partial charge on any atom is 0.134 e. The molecule has 0 atom stereocenters. The highest BCUT2D eigenvalue weighted by Crippen LogP contribution is 2.40. The van der Waals surface area contributed by atoms with Crippen molar-refractivity contribution in [1.82, 2.24) is 0 Å². The van der Waals surface area contributed by atoms with Crippen LogP contribution >= 0.6 is 0 Å². The summed E-state index contributed by atoms with van der Waals surface area (Å²) in [6, 6.07) is 7.82. The predicted molar refractivity (Wildman–Crippen MR) is 53.4 cm³/mol. The summed E-state index contributed by atoms with van der Waals surface area (Å²) in [4.78, 5) is 10.9. The summed E-state index contributed by atoms with van der Waals surface area (Å²) < 4.78 is 0. The molecular weight excluding hydrogens is 159 g/mol. The Bertz CT molecular complexity index is 349. The molecule has 0 aliphatic heterocycles. The van der Waals surface area contributed by atoms with Gasteiger partial charge in [0.2, 0.25) is 0 Å². The predicted octanol–water partition coefficient (Wildman–Crippen LogP) is 1.10. The van der Waals surface area contributed by atoms with Crippen molar-refractivity contribution in [3.63, 3.8) is 0 Å². The van der Waals surface area contributed by atoms with Gasteiger partial charge in [0, 0.05) is 18.3 Å². The number of rotatable bonds is 1. The molecule has 0 heterocycles. The van der Waals surface area contributed by atoms with E-state index in [0.717, 1.165) is 5.46 Å². The molecule has 0 saturated heterocycles. The molecule has 0 N–H and O–H groups in total. The van der Waals surface area contributed by atoms with E-state index >= 15 is 0 Å². The standard InChI is InChI=1S/C11H11BO/c1-11(6-10(13)7-11)8-3-2-4-9(12)5-8/h2-5H,6-7H2,1H3. The maximum atomic E-state index is 10.9. The molecule has 2 rings (SSSR count). The van der Waals surface area contributed by atoms with E-state index in [4.69, 9.17) is 7.85 Å². The molecule has 0 aromatic heterocycles. The van der Waals surface area contributed by atoms with Crippen LogP contribution < -0.4 is 5.46 Å². The molecule has 2 radical (unpaired) electrons. The second kappa shape index (κ2) is 2.73. The molecule has 1 saturated carbocycles. The largest absolute Gasteiger partial charge is 0.300 e. The van der Waals surface area contributed by atoms with Crippen LogP contribution in [0.2, 0.25) is 0 Å². The van der Waals surface area contributed by atoms with E-state index in [2.05, 4.69) is 6.92 Å². The van der Waals surface area contributed by atoms with Crippen molar-refractivity contribution in [3.05, 3.63) is 29.8 Å². The third-order valence-corrected chi connectivity index (χ3v) is 2.76. The lowest BCUT2D eigenvalue weighted by atomic mass is 9.64. The van der Waals surface area contributed by atoms with Gasteiger partial charge in [-0.05, 0) is 5.56 Å². The van der Waals surface area contributed by atoms with Gasteiger partial charge in [0.15, 0.2) is 0 Å². The molecule has 1 aliphatic carbocycles. The molecule has 64 valence electrons. The zero-order valence-corrected chi connectivity index (χ0v) is 7.71. The Morgan fingerprint density at radius 2 is 2.08 bits per heavy atom. The SMILES string of the molecule is [B]c1cccc(C2(C)CC(=O)C2)c1. The lowest BCUT2D eigenvalue weighted by molar-refractivity contribution is -0.127. The van der Waals surface area contributed by atoms with E-state index in [0.29, 0.717) is 18.6 Å². The number of carbonyl (C=O) groups excluding carboxylic acids is 1. The topological polar surface area (TPSA) is 17.1 Å². The minimum Gasteiger partial charge on any atom is -0.300 e. The van der Waals surface area contributed by atoms with Crippen LogP contribution in [0, 0.1) is 0 Å². The highest BCUT2D eigenvalue weighted by Gasteiger charge is 2.40. The molecule has 1 aromatic rings. The zero-order chi connectivity index (χ0) is 9.47. The Morgan fingerprint density at radius 1 is 1.38 bits per heavy atom. The van der Waals surface area contributed by atoms with E-state index in [-0.39, 0.29) is 5.41 Å². The lowest BCUT2D eigenvalue weighted by Crippen LogP contribution is -2.39. The second-order valence-corrected chi connectivity index (χ2v) is 4.08. The van der Waals surface area contributed by atoms with Crippen molar-refractivity contribution in [2.45, 2.75) is 25.2 Å². The Kier molecular flexibility index (Phi) is 1.79. The molecule has 1 fully saturated rings. The lowest BCUT2D eigenvalue weighted by Gasteiger charge is -2.37. The van der Waals surface area contributed by atoms with Crippen LogP contribution in [0.15, 0.2) is 24.3 Å². The quantitative estimate of drug-likeness (QED) is 0.576. The van der Waals surface area contributed by atoms with E-state index in [9.17, 15) is 4.79 Å². The fourth-order valence-corrected chi connectivity index (χ4v) is 1.94. The van der Waals surface area contributed by atoms with Crippen LogP contribution in [0.5, 0.6) is 0 Å². The third-order valence-electron chi connectivity index (χ3n) is 2.76. The second-order valence-electron chi connectivity index (χ2n) is 4.08. The summed E-state index contributed by atoms with van der Waals surface area (Å²) in [5.74, 6) is 0.352. The molecule has 0 bridgehead atoms. The summed E-state index contributed by atoms with van der Waals surface area (Å²) in [6.07, 6.45) is 1.33. The molecule has 0 spiro atoms. The average molecular weight is 170 g/mol. The number of carbonyl (C=O) groups is 1. The maximum absolute atomic E-state index is 10.9. The molecule has 2 heteroatoms. The van der Waals surface area contributed by atoms with Crippen LogP contribution in [0.1, 0.15) is 25.3 Å². The first-order valence-electron chi connectivity index (χ1n) is 4.48. The summed E-state index contributed by atoms with van der Waals surface area (Å²) >= 11 is 0. The van der Waals surface area contributed by atoms with Crippen LogP contribution in [0.25, 0.3) is 0 Å². The van der Waals surface area contributed by atoms with Crippen molar-refractivity contribution in [3.8, 4) is 0 Å². The highest BCUT2D eigenvalue weighted by molar-refractivity contribution is 6.32. The normalized spacial score (nSPS) is 19.6. The molecule has 1 aromatic carbocycles. The molecule has 0 amide bonds. The van der Waals surface area contributed by atoms with Gasteiger partial charge in [0.1, 0.15) is 13.6 Å². The van der Waals surface area contributed by atoms with Crippen LogP contribution in [0.4, 0.5) is 0 Å². The van der Waals surface area contributed by atoms with Gasteiger partial charge < -0.3 is 0 Å². The zero-order valence-electron chi connectivity index (χ0n) is 7.71. The van der Waals surface area contributed by atoms with Gasteiger partial charge in [0.05, 0.1) is 0 Å². The first-order valence-corrected chi connectivity index (χ1v) is 4.48. The minimum absolute atomic E-state index is 0.0481. The van der Waals surface area contributed by atoms with Gasteiger partial charge in [-0.25, -0.2) is 0 Å². The average Bonchev–Trinajstić information content (AvgIpc) is 2.02. The molecule has 1 aliphatic rings. The van der Waals surface area contributed by atoms with Gasteiger partial charge >= 0.3 is 0 Å². The summed E-state index contributed by atoms with van der Waals surface area (Å²) in [5, 5.41) is 0. The van der Waals surface area contributed by atoms with E-state index in [1.54, 1.807) is 0 Å². The van der Waals surface area contributed by atoms with Crippen molar-refractivity contribution in [2.24, 2.45) is 0 Å². The summed E-state index contributed by atoms with van der Waals surface area (Å²) in [6.45, 7) is 2.11. The monoisotopic (exact) mass is 170 g/mol. The number of hydrogen-bond acceptors (Lipinski definition) is 1.